The molecule has 1 amide bonds. The Hall–Kier alpha value is -1.77. The van der Waals surface area contributed by atoms with Gasteiger partial charge in [0, 0.05) is 18.7 Å². The first-order valence-electron chi connectivity index (χ1n) is 9.46. The van der Waals surface area contributed by atoms with Crippen molar-refractivity contribution in [1.29, 1.82) is 0 Å². The van der Waals surface area contributed by atoms with E-state index in [4.69, 9.17) is 4.74 Å². The van der Waals surface area contributed by atoms with Crippen molar-refractivity contribution >= 4 is 6.09 Å². The number of benzene rings is 1. The normalized spacial score (nSPS) is 27.9. The minimum Gasteiger partial charge on any atom is -0.442 e. The van der Waals surface area contributed by atoms with Crippen LogP contribution in [0.5, 0.6) is 0 Å². The fraction of sp³-hybridized carbons (Fsp3) is 0.632. The highest BCUT2D eigenvalue weighted by atomic mass is 19.3. The number of carbonyl (C=O) groups excluding carboxylic acids is 1. The van der Waals surface area contributed by atoms with Crippen molar-refractivity contribution in [3.63, 3.8) is 0 Å². The number of β-amino-alcohol motifs (C(OH)–C–C–N with tert-alkyl or cyclic N) is 1. The second-order valence-electron chi connectivity index (χ2n) is 7.27. The molecular weight excluding hydrogens is 356 g/mol. The van der Waals surface area contributed by atoms with E-state index in [1.165, 1.54) is 12.1 Å². The fourth-order valence-corrected chi connectivity index (χ4v) is 3.68. The van der Waals surface area contributed by atoms with Crippen LogP contribution in [-0.2, 0) is 11.2 Å². The Morgan fingerprint density at radius 2 is 2.07 bits per heavy atom. The molecular formula is C19H27F2N3O3. The molecule has 2 aliphatic heterocycles. The third-order valence-electron chi connectivity index (χ3n) is 5.28. The number of hydrogen-bond acceptors (Lipinski definition) is 5. The highest BCUT2D eigenvalue weighted by molar-refractivity contribution is 5.67. The van der Waals surface area contributed by atoms with Crippen molar-refractivity contribution in [2.75, 3.05) is 26.2 Å². The second kappa shape index (κ2) is 9.43. The van der Waals surface area contributed by atoms with Gasteiger partial charge >= 0.3 is 6.09 Å². The number of carbonyl (C=O) groups is 1. The second-order valence-corrected chi connectivity index (χ2v) is 7.27. The first-order valence-corrected chi connectivity index (χ1v) is 9.46. The molecule has 0 unspecified atom stereocenters. The van der Waals surface area contributed by atoms with Gasteiger partial charge in [0.1, 0.15) is 12.2 Å². The van der Waals surface area contributed by atoms with Crippen LogP contribution in [-0.4, -0.2) is 55.6 Å². The summed E-state index contributed by atoms with van der Waals surface area (Å²) in [5, 5.41) is 19.3. The van der Waals surface area contributed by atoms with Gasteiger partial charge in [-0.2, -0.15) is 0 Å². The molecule has 6 nitrogen and oxygen atoms in total. The molecule has 4 N–H and O–H groups in total. The Morgan fingerprint density at radius 3 is 2.74 bits per heavy atom. The van der Waals surface area contributed by atoms with Crippen molar-refractivity contribution in [2.45, 2.75) is 43.9 Å². The number of ether oxygens (including phenoxy) is 1. The molecule has 2 saturated heterocycles. The summed E-state index contributed by atoms with van der Waals surface area (Å²) in [6.45, 7) is 2.87. The third kappa shape index (κ3) is 5.60. The minimum atomic E-state index is -2.50. The molecule has 8 heteroatoms. The van der Waals surface area contributed by atoms with Crippen LogP contribution in [0.25, 0.3) is 0 Å². The van der Waals surface area contributed by atoms with Gasteiger partial charge in [-0.3, -0.25) is 0 Å². The number of alkyl carbamates (subject to hydrolysis) is 1. The molecule has 0 spiro atoms. The molecule has 0 aliphatic carbocycles. The molecule has 0 aromatic heterocycles. The first kappa shape index (κ1) is 20.0. The summed E-state index contributed by atoms with van der Waals surface area (Å²) >= 11 is 0. The molecule has 2 heterocycles. The largest absolute Gasteiger partial charge is 0.442 e. The Balaban J connectivity index is 1.47. The number of alkyl halides is 2. The minimum absolute atomic E-state index is 0.0252. The molecule has 3 rings (SSSR count). The van der Waals surface area contributed by atoms with Gasteiger partial charge in [0.05, 0.1) is 6.04 Å². The summed E-state index contributed by atoms with van der Waals surface area (Å²) in [7, 11) is 0. The van der Waals surface area contributed by atoms with Crippen LogP contribution in [0, 0.1) is 5.92 Å². The van der Waals surface area contributed by atoms with E-state index in [9.17, 15) is 18.7 Å². The van der Waals surface area contributed by atoms with E-state index >= 15 is 0 Å². The lowest BCUT2D eigenvalue weighted by Crippen LogP contribution is -2.41. The van der Waals surface area contributed by atoms with Crippen LogP contribution in [0.2, 0.25) is 0 Å². The maximum atomic E-state index is 12.6. The molecule has 1 aromatic carbocycles. The van der Waals surface area contributed by atoms with Crippen molar-refractivity contribution in [1.82, 2.24) is 16.0 Å². The average Bonchev–Trinajstić information content (AvgIpc) is 3.27. The first-order chi connectivity index (χ1) is 13.0. The Kier molecular flexibility index (Phi) is 6.98. The van der Waals surface area contributed by atoms with Crippen LogP contribution in [0.4, 0.5) is 13.6 Å². The predicted octanol–water partition coefficient (Wildman–Crippen LogP) is 1.59. The molecule has 27 heavy (non-hydrogen) atoms. The van der Waals surface area contributed by atoms with Crippen molar-refractivity contribution in [2.24, 2.45) is 5.92 Å². The van der Waals surface area contributed by atoms with Crippen LogP contribution >= 0.6 is 0 Å². The quantitative estimate of drug-likeness (QED) is 0.575. The Bertz CT molecular complexity index is 609. The number of rotatable bonds is 7. The van der Waals surface area contributed by atoms with E-state index in [1.54, 1.807) is 12.1 Å². The smallest absolute Gasteiger partial charge is 0.407 e. The number of halogens is 2. The number of amides is 1. The fourth-order valence-electron chi connectivity index (χ4n) is 3.68. The van der Waals surface area contributed by atoms with E-state index in [0.717, 1.165) is 31.5 Å². The predicted molar refractivity (Wildman–Crippen MR) is 96.8 cm³/mol. The molecule has 0 radical (unpaired) electrons. The maximum Gasteiger partial charge on any atom is 0.407 e. The highest BCUT2D eigenvalue weighted by Gasteiger charge is 2.37. The highest BCUT2D eigenvalue weighted by Crippen LogP contribution is 2.21. The van der Waals surface area contributed by atoms with Gasteiger partial charge < -0.3 is 25.8 Å². The van der Waals surface area contributed by atoms with Gasteiger partial charge in [-0.1, -0.05) is 24.3 Å². The molecule has 0 saturated carbocycles. The average molecular weight is 383 g/mol. The lowest BCUT2D eigenvalue weighted by atomic mass is 10.0. The van der Waals surface area contributed by atoms with E-state index in [2.05, 4.69) is 16.0 Å². The van der Waals surface area contributed by atoms with Crippen LogP contribution in [0.3, 0.4) is 0 Å². The lowest BCUT2D eigenvalue weighted by Gasteiger charge is -2.22. The molecule has 0 bridgehead atoms. The van der Waals surface area contributed by atoms with E-state index in [-0.39, 0.29) is 11.6 Å². The zero-order chi connectivity index (χ0) is 19.2. The zero-order valence-corrected chi connectivity index (χ0v) is 15.2. The summed E-state index contributed by atoms with van der Waals surface area (Å²) in [6, 6.07) is 5.81. The molecule has 150 valence electrons. The van der Waals surface area contributed by atoms with Crippen molar-refractivity contribution in [3.05, 3.63) is 35.4 Å². The van der Waals surface area contributed by atoms with Gasteiger partial charge in [0.25, 0.3) is 6.43 Å². The van der Waals surface area contributed by atoms with Gasteiger partial charge in [0.2, 0.25) is 0 Å². The molecule has 4 atom stereocenters. The Morgan fingerprint density at radius 1 is 1.30 bits per heavy atom. The molecule has 2 fully saturated rings. The number of aliphatic hydroxyl groups is 1. The summed E-state index contributed by atoms with van der Waals surface area (Å²) in [5.41, 5.74) is 0.816. The SMILES string of the molecule is O=C(NCC[C@@H]1CCNC1)O[C@@H]1[C@@H](O)CN[C@@H]1Cc1ccc(C(F)F)cc1. The summed E-state index contributed by atoms with van der Waals surface area (Å²) in [6.07, 6.45) is -2.00. The number of hydrogen-bond donors (Lipinski definition) is 4. The Labute approximate surface area is 157 Å². The van der Waals surface area contributed by atoms with Crippen molar-refractivity contribution in [3.8, 4) is 0 Å². The van der Waals surface area contributed by atoms with E-state index in [0.29, 0.717) is 25.4 Å². The summed E-state index contributed by atoms with van der Waals surface area (Å²) in [4.78, 5) is 12.1. The monoisotopic (exact) mass is 383 g/mol. The van der Waals surface area contributed by atoms with E-state index < -0.39 is 24.7 Å². The summed E-state index contributed by atoms with van der Waals surface area (Å²) in [5.74, 6) is 0.577. The number of nitrogens with one attached hydrogen (secondary N) is 3. The van der Waals surface area contributed by atoms with Crippen LogP contribution in [0.15, 0.2) is 24.3 Å². The lowest BCUT2D eigenvalue weighted by molar-refractivity contribution is 0.0189. The van der Waals surface area contributed by atoms with Gasteiger partial charge in [-0.15, -0.1) is 0 Å². The van der Waals surface area contributed by atoms with Crippen LogP contribution in [0.1, 0.15) is 30.4 Å². The van der Waals surface area contributed by atoms with Crippen LogP contribution < -0.4 is 16.0 Å². The zero-order valence-electron chi connectivity index (χ0n) is 15.2. The van der Waals surface area contributed by atoms with Gasteiger partial charge in [-0.05, 0) is 43.8 Å². The standard InChI is InChI=1S/C19H27F2N3O3/c20-18(21)14-3-1-12(2-4-14)9-15-17(16(25)11-24-15)27-19(26)23-8-6-13-5-7-22-10-13/h1-4,13,15-18,22,24-25H,5-11H2,(H,23,26)/t13-,15+,16-,17-/m0/s1. The maximum absolute atomic E-state index is 12.6. The molecule has 1 aromatic rings. The third-order valence-corrected chi connectivity index (χ3v) is 5.28. The number of aliphatic hydroxyl groups excluding tert-OH is 1. The van der Waals surface area contributed by atoms with Gasteiger partial charge in [-0.25, -0.2) is 13.6 Å². The summed E-state index contributed by atoms with van der Waals surface area (Å²) < 4.78 is 30.7. The van der Waals surface area contributed by atoms with Crippen molar-refractivity contribution < 1.29 is 23.4 Å². The topological polar surface area (TPSA) is 82.6 Å². The molecule has 2 aliphatic rings. The van der Waals surface area contributed by atoms with E-state index in [1.807, 2.05) is 0 Å². The van der Waals surface area contributed by atoms with Gasteiger partial charge in [0.15, 0.2) is 0 Å².